The van der Waals surface area contributed by atoms with Crippen LogP contribution in [0.2, 0.25) is 0 Å². The monoisotopic (exact) mass is 178 g/mol. The molecular formula is C10H10O3. The zero-order valence-corrected chi connectivity index (χ0v) is 7.10. The number of hydrogen-bond acceptors (Lipinski definition) is 3. The quantitative estimate of drug-likeness (QED) is 0.606. The molecule has 0 saturated carbocycles. The first-order chi connectivity index (χ1) is 6.43. The minimum Gasteiger partial charge on any atom is -0.486 e. The van der Waals surface area contributed by atoms with Crippen LogP contribution in [0.15, 0.2) is 24.3 Å². The molecule has 2 heterocycles. The molecule has 1 saturated heterocycles. The molecule has 0 aromatic heterocycles. The van der Waals surface area contributed by atoms with Crippen molar-refractivity contribution in [3.05, 3.63) is 24.3 Å². The highest BCUT2D eigenvalue weighted by Gasteiger charge is 2.37. The van der Waals surface area contributed by atoms with E-state index in [1.807, 2.05) is 24.3 Å². The molecule has 3 nitrogen and oxygen atoms in total. The molecular weight excluding hydrogens is 168 g/mol. The van der Waals surface area contributed by atoms with Gasteiger partial charge in [0.05, 0.1) is 6.61 Å². The summed E-state index contributed by atoms with van der Waals surface area (Å²) in [5, 5.41) is 0. The molecule has 13 heavy (non-hydrogen) atoms. The van der Waals surface area contributed by atoms with Gasteiger partial charge in [-0.15, -0.1) is 0 Å². The van der Waals surface area contributed by atoms with Crippen molar-refractivity contribution >= 4 is 0 Å². The third kappa shape index (κ3) is 1.25. The molecule has 0 aliphatic carbocycles. The normalized spacial score (nSPS) is 29.8. The topological polar surface area (TPSA) is 31.0 Å². The second kappa shape index (κ2) is 2.64. The molecule has 2 aliphatic rings. The van der Waals surface area contributed by atoms with E-state index in [4.69, 9.17) is 14.2 Å². The van der Waals surface area contributed by atoms with E-state index in [0.29, 0.717) is 6.61 Å². The predicted octanol–water partition coefficient (Wildman–Crippen LogP) is 1.23. The molecule has 0 bridgehead atoms. The lowest BCUT2D eigenvalue weighted by atomic mass is 10.2. The van der Waals surface area contributed by atoms with Gasteiger partial charge in [-0.3, -0.25) is 0 Å². The lowest BCUT2D eigenvalue weighted by Gasteiger charge is -2.25. The fraction of sp³-hybridized carbons (Fsp3) is 0.400. The van der Waals surface area contributed by atoms with Crippen LogP contribution in [0.25, 0.3) is 0 Å². The van der Waals surface area contributed by atoms with Crippen LogP contribution in [-0.4, -0.2) is 25.4 Å². The van der Waals surface area contributed by atoms with Crippen molar-refractivity contribution < 1.29 is 14.2 Å². The first-order valence-electron chi connectivity index (χ1n) is 4.43. The van der Waals surface area contributed by atoms with E-state index in [2.05, 4.69) is 0 Å². The summed E-state index contributed by atoms with van der Waals surface area (Å²) in [7, 11) is 0. The van der Waals surface area contributed by atoms with Crippen molar-refractivity contribution in [2.45, 2.75) is 12.2 Å². The lowest BCUT2D eigenvalue weighted by Crippen LogP contribution is -2.33. The van der Waals surface area contributed by atoms with E-state index >= 15 is 0 Å². The zero-order chi connectivity index (χ0) is 8.67. The maximum Gasteiger partial charge on any atom is 0.161 e. The smallest absolute Gasteiger partial charge is 0.161 e. The van der Waals surface area contributed by atoms with Crippen molar-refractivity contribution in [2.24, 2.45) is 0 Å². The van der Waals surface area contributed by atoms with Crippen LogP contribution in [0.3, 0.4) is 0 Å². The Balaban J connectivity index is 1.85. The van der Waals surface area contributed by atoms with Gasteiger partial charge in [0.2, 0.25) is 0 Å². The summed E-state index contributed by atoms with van der Waals surface area (Å²) in [6.45, 7) is 1.40. The standard InChI is InChI=1S/C10H10O3/c1-2-4-8-7(3-1)11-6-10(13-8)9-5-12-9/h1-4,9-10H,5-6H2/t9?,10-/m0/s1. The number of fused-ring (bicyclic) bond motifs is 1. The average Bonchev–Trinajstić information content (AvgIpc) is 3.00. The number of hydrogen-bond donors (Lipinski definition) is 0. The summed E-state index contributed by atoms with van der Waals surface area (Å²) in [6, 6.07) is 7.72. The van der Waals surface area contributed by atoms with Gasteiger partial charge in [-0.05, 0) is 12.1 Å². The average molecular weight is 178 g/mol. The van der Waals surface area contributed by atoms with Crippen LogP contribution < -0.4 is 9.47 Å². The first kappa shape index (κ1) is 7.21. The van der Waals surface area contributed by atoms with Gasteiger partial charge in [-0.25, -0.2) is 0 Å². The molecule has 2 atom stereocenters. The highest BCUT2D eigenvalue weighted by molar-refractivity contribution is 5.40. The summed E-state index contributed by atoms with van der Waals surface area (Å²) in [5.41, 5.74) is 0. The SMILES string of the molecule is c1ccc2c(c1)OC[C@@H](C1CO1)O2. The number of para-hydroxylation sites is 2. The number of rotatable bonds is 1. The summed E-state index contributed by atoms with van der Waals surface area (Å²) in [5.74, 6) is 1.66. The van der Waals surface area contributed by atoms with Crippen LogP contribution in [-0.2, 0) is 4.74 Å². The van der Waals surface area contributed by atoms with Gasteiger partial charge in [0.1, 0.15) is 12.7 Å². The molecule has 3 rings (SSSR count). The number of ether oxygens (including phenoxy) is 3. The molecule has 68 valence electrons. The third-order valence-corrected chi connectivity index (χ3v) is 2.30. The maximum absolute atomic E-state index is 5.71. The minimum atomic E-state index is 0.0786. The van der Waals surface area contributed by atoms with Gasteiger partial charge < -0.3 is 14.2 Å². The van der Waals surface area contributed by atoms with Crippen molar-refractivity contribution in [1.82, 2.24) is 0 Å². The van der Waals surface area contributed by atoms with Crippen LogP contribution >= 0.6 is 0 Å². The molecule has 1 aromatic carbocycles. The molecule has 0 radical (unpaired) electrons. The Morgan fingerprint density at radius 1 is 1.00 bits per heavy atom. The van der Waals surface area contributed by atoms with Crippen molar-refractivity contribution in [3.8, 4) is 11.5 Å². The number of benzene rings is 1. The molecule has 1 aromatic rings. The van der Waals surface area contributed by atoms with E-state index < -0.39 is 0 Å². The Hall–Kier alpha value is -1.22. The Kier molecular flexibility index (Phi) is 1.46. The predicted molar refractivity (Wildman–Crippen MR) is 46.1 cm³/mol. The molecule has 0 amide bonds. The summed E-state index contributed by atoms with van der Waals surface area (Å²) in [6.07, 6.45) is 0.322. The molecule has 2 aliphatic heterocycles. The molecule has 0 spiro atoms. The minimum absolute atomic E-state index is 0.0786. The zero-order valence-electron chi connectivity index (χ0n) is 7.10. The fourth-order valence-electron chi connectivity index (χ4n) is 1.49. The molecule has 3 heteroatoms. The van der Waals surface area contributed by atoms with Crippen molar-refractivity contribution in [3.63, 3.8) is 0 Å². The Morgan fingerprint density at radius 2 is 1.77 bits per heavy atom. The van der Waals surface area contributed by atoms with Gasteiger partial charge in [0.15, 0.2) is 17.6 Å². The van der Waals surface area contributed by atoms with E-state index in [0.717, 1.165) is 18.1 Å². The van der Waals surface area contributed by atoms with Gasteiger partial charge in [-0.1, -0.05) is 12.1 Å². The van der Waals surface area contributed by atoms with Crippen LogP contribution in [0, 0.1) is 0 Å². The van der Waals surface area contributed by atoms with Gasteiger partial charge >= 0.3 is 0 Å². The fourth-order valence-corrected chi connectivity index (χ4v) is 1.49. The number of epoxide rings is 1. The van der Waals surface area contributed by atoms with Crippen LogP contribution in [0.1, 0.15) is 0 Å². The van der Waals surface area contributed by atoms with Gasteiger partial charge in [-0.2, -0.15) is 0 Å². The van der Waals surface area contributed by atoms with Gasteiger partial charge in [0.25, 0.3) is 0 Å². The van der Waals surface area contributed by atoms with Crippen molar-refractivity contribution in [2.75, 3.05) is 13.2 Å². The lowest BCUT2D eigenvalue weighted by molar-refractivity contribution is 0.0690. The highest BCUT2D eigenvalue weighted by atomic mass is 16.6. The van der Waals surface area contributed by atoms with Crippen LogP contribution in [0.4, 0.5) is 0 Å². The highest BCUT2D eigenvalue weighted by Crippen LogP contribution is 2.33. The molecule has 1 unspecified atom stereocenters. The first-order valence-corrected chi connectivity index (χ1v) is 4.43. The summed E-state index contributed by atoms with van der Waals surface area (Å²) >= 11 is 0. The maximum atomic E-state index is 5.71. The third-order valence-electron chi connectivity index (χ3n) is 2.30. The summed E-state index contributed by atoms with van der Waals surface area (Å²) in [4.78, 5) is 0. The van der Waals surface area contributed by atoms with Crippen molar-refractivity contribution in [1.29, 1.82) is 0 Å². The van der Waals surface area contributed by atoms with E-state index in [1.165, 1.54) is 0 Å². The second-order valence-electron chi connectivity index (χ2n) is 3.29. The largest absolute Gasteiger partial charge is 0.486 e. The van der Waals surface area contributed by atoms with Crippen LogP contribution in [0.5, 0.6) is 11.5 Å². The Labute approximate surface area is 76.2 Å². The van der Waals surface area contributed by atoms with E-state index in [1.54, 1.807) is 0 Å². The molecule has 0 N–H and O–H groups in total. The Bertz CT molecular complexity index is 320. The van der Waals surface area contributed by atoms with E-state index in [9.17, 15) is 0 Å². The Morgan fingerprint density at radius 3 is 2.54 bits per heavy atom. The molecule has 1 fully saturated rings. The van der Waals surface area contributed by atoms with E-state index in [-0.39, 0.29) is 12.2 Å². The summed E-state index contributed by atoms with van der Waals surface area (Å²) < 4.78 is 16.4. The second-order valence-corrected chi connectivity index (χ2v) is 3.29. The van der Waals surface area contributed by atoms with Gasteiger partial charge in [0, 0.05) is 0 Å².